The number of phenols is 1. The average Bonchev–Trinajstić information content (AvgIpc) is 2.95. The van der Waals surface area contributed by atoms with Gasteiger partial charge in [0.1, 0.15) is 11.5 Å². The lowest BCUT2D eigenvalue weighted by Crippen LogP contribution is -2.07. The normalized spacial score (nSPS) is 12.1. The summed E-state index contributed by atoms with van der Waals surface area (Å²) in [6.45, 7) is 6.58. The molecule has 0 saturated carbocycles. The SMILES string of the molecule is CCCCCCCC/C=C\CCCCCCCC(=O)Oc1ccc(C(CC)=C(CC)c2ccc(O)cc2)cc1. The number of phenolic OH excluding ortho intramolecular Hbond substituents is 1. The number of hydrogen-bond donors (Lipinski definition) is 1. The number of carbonyl (C=O) groups excluding carboxylic acids is 1. The van der Waals surface area contributed by atoms with Gasteiger partial charge in [-0.25, -0.2) is 0 Å². The third-order valence-electron chi connectivity index (χ3n) is 7.36. The van der Waals surface area contributed by atoms with Gasteiger partial charge in [-0.2, -0.15) is 0 Å². The van der Waals surface area contributed by atoms with Gasteiger partial charge in [0, 0.05) is 6.42 Å². The zero-order chi connectivity index (χ0) is 28.1. The standard InChI is InChI=1S/C36H52O3/c1-4-7-8-9-10-11-12-13-14-15-16-17-18-19-20-21-36(38)39-33-28-24-31(25-29-33)35(6-3)34(5-2)30-22-26-32(37)27-23-30/h13-14,22-29,37H,4-12,15-21H2,1-3H3/b14-13-,35-34?. The molecule has 0 bridgehead atoms. The van der Waals surface area contributed by atoms with E-state index in [4.69, 9.17) is 4.74 Å². The Bertz CT molecular complexity index is 983. The van der Waals surface area contributed by atoms with Crippen molar-refractivity contribution in [2.75, 3.05) is 0 Å². The van der Waals surface area contributed by atoms with Crippen LogP contribution in [0.3, 0.4) is 0 Å². The minimum absolute atomic E-state index is 0.148. The number of esters is 1. The van der Waals surface area contributed by atoms with Gasteiger partial charge in [-0.05, 0) is 91.5 Å². The van der Waals surface area contributed by atoms with E-state index in [2.05, 4.69) is 32.9 Å². The molecule has 2 rings (SSSR count). The Morgan fingerprint density at radius 2 is 1.10 bits per heavy atom. The summed E-state index contributed by atoms with van der Waals surface area (Å²) in [6, 6.07) is 15.3. The van der Waals surface area contributed by atoms with Gasteiger partial charge in [-0.1, -0.05) is 109 Å². The summed E-state index contributed by atoms with van der Waals surface area (Å²) in [5.41, 5.74) is 4.81. The number of ether oxygens (including phenoxy) is 1. The highest BCUT2D eigenvalue weighted by Crippen LogP contribution is 2.32. The molecule has 39 heavy (non-hydrogen) atoms. The number of carbonyl (C=O) groups is 1. The molecule has 0 saturated heterocycles. The molecule has 0 aliphatic heterocycles. The number of aromatic hydroxyl groups is 1. The van der Waals surface area contributed by atoms with Gasteiger partial charge < -0.3 is 9.84 Å². The van der Waals surface area contributed by atoms with Gasteiger partial charge in [0.05, 0.1) is 0 Å². The van der Waals surface area contributed by atoms with Gasteiger partial charge in [-0.3, -0.25) is 4.79 Å². The second-order valence-electron chi connectivity index (χ2n) is 10.5. The van der Waals surface area contributed by atoms with Crippen molar-refractivity contribution in [1.29, 1.82) is 0 Å². The molecule has 0 aliphatic rings. The lowest BCUT2D eigenvalue weighted by molar-refractivity contribution is -0.134. The molecule has 0 heterocycles. The third kappa shape index (κ3) is 13.2. The summed E-state index contributed by atoms with van der Waals surface area (Å²) in [6.07, 6.45) is 23.2. The second kappa shape index (κ2) is 20.1. The maximum atomic E-state index is 12.3. The largest absolute Gasteiger partial charge is 0.508 e. The lowest BCUT2D eigenvalue weighted by atomic mass is 9.91. The van der Waals surface area contributed by atoms with E-state index >= 15 is 0 Å². The Morgan fingerprint density at radius 3 is 1.62 bits per heavy atom. The predicted octanol–water partition coefficient (Wildman–Crippen LogP) is 11.1. The van der Waals surface area contributed by atoms with E-state index in [1.807, 2.05) is 36.4 Å². The minimum Gasteiger partial charge on any atom is -0.508 e. The van der Waals surface area contributed by atoms with Crippen LogP contribution in [-0.2, 0) is 4.79 Å². The van der Waals surface area contributed by atoms with Crippen molar-refractivity contribution >= 4 is 17.1 Å². The summed E-state index contributed by atoms with van der Waals surface area (Å²) in [4.78, 5) is 12.3. The first-order chi connectivity index (χ1) is 19.1. The van der Waals surface area contributed by atoms with Crippen LogP contribution < -0.4 is 4.74 Å². The molecule has 0 fully saturated rings. The molecule has 0 atom stereocenters. The lowest BCUT2D eigenvalue weighted by Gasteiger charge is -2.15. The average molecular weight is 533 g/mol. The van der Waals surface area contributed by atoms with Crippen molar-refractivity contribution in [2.45, 2.75) is 124 Å². The molecule has 2 aromatic carbocycles. The first kappa shape index (κ1) is 32.4. The highest BCUT2D eigenvalue weighted by molar-refractivity contribution is 5.90. The Morgan fingerprint density at radius 1 is 0.641 bits per heavy atom. The van der Waals surface area contributed by atoms with Crippen LogP contribution in [0.25, 0.3) is 11.1 Å². The fourth-order valence-corrected chi connectivity index (χ4v) is 5.09. The Kier molecular flexibility index (Phi) is 16.7. The van der Waals surface area contributed by atoms with Crippen LogP contribution in [0, 0.1) is 0 Å². The Hall–Kier alpha value is -2.81. The second-order valence-corrected chi connectivity index (χ2v) is 10.5. The summed E-state index contributed by atoms with van der Waals surface area (Å²) in [7, 11) is 0. The summed E-state index contributed by atoms with van der Waals surface area (Å²) < 4.78 is 5.59. The molecule has 0 aliphatic carbocycles. The summed E-state index contributed by atoms with van der Waals surface area (Å²) in [5.74, 6) is 0.736. The van der Waals surface area contributed by atoms with Gasteiger partial charge >= 0.3 is 5.97 Å². The zero-order valence-electron chi connectivity index (χ0n) is 24.9. The maximum Gasteiger partial charge on any atom is 0.311 e. The summed E-state index contributed by atoms with van der Waals surface area (Å²) >= 11 is 0. The Labute approximate surface area is 238 Å². The molecular formula is C36H52O3. The van der Waals surface area contributed by atoms with E-state index in [-0.39, 0.29) is 11.7 Å². The molecular weight excluding hydrogens is 480 g/mol. The monoisotopic (exact) mass is 532 g/mol. The smallest absolute Gasteiger partial charge is 0.311 e. The number of hydrogen-bond acceptors (Lipinski definition) is 3. The number of benzene rings is 2. The van der Waals surface area contributed by atoms with Crippen molar-refractivity contribution < 1.29 is 14.6 Å². The number of rotatable bonds is 20. The van der Waals surface area contributed by atoms with E-state index in [0.717, 1.165) is 36.8 Å². The van der Waals surface area contributed by atoms with E-state index in [1.54, 1.807) is 12.1 Å². The highest BCUT2D eigenvalue weighted by atomic mass is 16.5. The molecule has 0 unspecified atom stereocenters. The summed E-state index contributed by atoms with van der Waals surface area (Å²) in [5, 5.41) is 9.63. The van der Waals surface area contributed by atoms with Crippen LogP contribution in [0.2, 0.25) is 0 Å². The van der Waals surface area contributed by atoms with Crippen molar-refractivity contribution in [3.05, 3.63) is 71.8 Å². The van der Waals surface area contributed by atoms with E-state index < -0.39 is 0 Å². The molecule has 0 spiro atoms. The van der Waals surface area contributed by atoms with Crippen molar-refractivity contribution in [2.24, 2.45) is 0 Å². The molecule has 3 nitrogen and oxygen atoms in total. The minimum atomic E-state index is -0.148. The Balaban J connectivity index is 1.64. The van der Waals surface area contributed by atoms with Gasteiger partial charge in [0.2, 0.25) is 0 Å². The van der Waals surface area contributed by atoms with Crippen molar-refractivity contribution in [1.82, 2.24) is 0 Å². The first-order valence-electron chi connectivity index (χ1n) is 15.6. The van der Waals surface area contributed by atoms with E-state index in [9.17, 15) is 9.90 Å². The van der Waals surface area contributed by atoms with Gasteiger partial charge in [0.25, 0.3) is 0 Å². The highest BCUT2D eigenvalue weighted by Gasteiger charge is 2.11. The van der Waals surface area contributed by atoms with Crippen molar-refractivity contribution in [3.8, 4) is 11.5 Å². The zero-order valence-corrected chi connectivity index (χ0v) is 24.9. The fraction of sp³-hybridized carbons (Fsp3) is 0.528. The van der Waals surface area contributed by atoms with Crippen LogP contribution in [0.15, 0.2) is 60.7 Å². The number of allylic oxidation sites excluding steroid dienone is 4. The molecule has 1 N–H and O–H groups in total. The van der Waals surface area contributed by atoms with Crippen molar-refractivity contribution in [3.63, 3.8) is 0 Å². The van der Waals surface area contributed by atoms with Gasteiger partial charge in [0.15, 0.2) is 0 Å². The molecule has 2 aromatic rings. The van der Waals surface area contributed by atoms with Crippen LogP contribution in [0.5, 0.6) is 11.5 Å². The maximum absolute atomic E-state index is 12.3. The third-order valence-corrected chi connectivity index (χ3v) is 7.36. The molecule has 0 amide bonds. The van der Waals surface area contributed by atoms with Crippen LogP contribution in [0.4, 0.5) is 0 Å². The van der Waals surface area contributed by atoms with E-state index in [0.29, 0.717) is 12.2 Å². The van der Waals surface area contributed by atoms with Crippen LogP contribution >= 0.6 is 0 Å². The van der Waals surface area contributed by atoms with E-state index in [1.165, 1.54) is 81.8 Å². The quantitative estimate of drug-likeness (QED) is 0.0606. The number of unbranched alkanes of at least 4 members (excludes halogenated alkanes) is 11. The molecule has 0 aromatic heterocycles. The molecule has 3 heteroatoms. The first-order valence-corrected chi connectivity index (χ1v) is 15.6. The van der Waals surface area contributed by atoms with Crippen LogP contribution in [0.1, 0.15) is 135 Å². The fourth-order valence-electron chi connectivity index (χ4n) is 5.09. The topological polar surface area (TPSA) is 46.5 Å². The molecule has 0 radical (unpaired) electrons. The predicted molar refractivity (Wildman–Crippen MR) is 167 cm³/mol. The van der Waals surface area contributed by atoms with Crippen LogP contribution in [-0.4, -0.2) is 11.1 Å². The molecule has 214 valence electrons. The van der Waals surface area contributed by atoms with Gasteiger partial charge in [-0.15, -0.1) is 0 Å².